The van der Waals surface area contributed by atoms with Crippen molar-refractivity contribution in [1.82, 2.24) is 0 Å². The van der Waals surface area contributed by atoms with E-state index in [2.05, 4.69) is 0 Å². The Balaban J connectivity index is 2.12. The highest BCUT2D eigenvalue weighted by Gasteiger charge is 2.14. The molecule has 0 aliphatic rings. The topological polar surface area (TPSA) is 59.7 Å². The van der Waals surface area contributed by atoms with E-state index >= 15 is 0 Å². The molecule has 1 aromatic carbocycles. The van der Waals surface area contributed by atoms with Gasteiger partial charge in [0.25, 0.3) is 0 Å². The number of carboxylic acids is 1. The Bertz CT molecular complexity index is 619. The van der Waals surface area contributed by atoms with Crippen molar-refractivity contribution in [3.05, 3.63) is 51.4 Å². The number of halogens is 2. The first-order valence-electron chi connectivity index (χ1n) is 5.38. The molecule has 19 heavy (non-hydrogen) atoms. The third-order valence-corrected chi connectivity index (χ3v) is 2.97. The van der Waals surface area contributed by atoms with Gasteiger partial charge in [-0.2, -0.15) is 0 Å². The molecule has 0 radical (unpaired) electrons. The van der Waals surface area contributed by atoms with Crippen LogP contribution in [0.15, 0.2) is 28.7 Å². The van der Waals surface area contributed by atoms with Crippen LogP contribution in [0.1, 0.15) is 21.9 Å². The van der Waals surface area contributed by atoms with Gasteiger partial charge in [0.15, 0.2) is 0 Å². The second-order valence-corrected chi connectivity index (χ2v) is 4.74. The van der Waals surface area contributed by atoms with E-state index in [4.69, 9.17) is 37.5 Å². The SMILES string of the molecule is Cc1cc(COc2cc(Cl)ccc2Cl)oc1C(=O)O. The van der Waals surface area contributed by atoms with Gasteiger partial charge in [-0.1, -0.05) is 23.2 Å². The van der Waals surface area contributed by atoms with Crippen LogP contribution in [0.4, 0.5) is 0 Å². The van der Waals surface area contributed by atoms with E-state index in [1.807, 2.05) is 0 Å². The molecule has 0 aliphatic heterocycles. The summed E-state index contributed by atoms with van der Waals surface area (Å²) < 4.78 is 10.6. The molecule has 0 saturated heterocycles. The lowest BCUT2D eigenvalue weighted by molar-refractivity contribution is 0.0657. The maximum absolute atomic E-state index is 10.8. The Morgan fingerprint density at radius 2 is 2.11 bits per heavy atom. The van der Waals surface area contributed by atoms with Gasteiger partial charge in [0.05, 0.1) is 5.02 Å². The largest absolute Gasteiger partial charge is 0.484 e. The van der Waals surface area contributed by atoms with Crippen LogP contribution < -0.4 is 4.74 Å². The molecule has 0 aliphatic carbocycles. The van der Waals surface area contributed by atoms with Crippen LogP contribution in [0, 0.1) is 6.92 Å². The summed E-state index contributed by atoms with van der Waals surface area (Å²) in [6.45, 7) is 1.73. The van der Waals surface area contributed by atoms with Crippen molar-refractivity contribution in [3.8, 4) is 5.75 Å². The van der Waals surface area contributed by atoms with Gasteiger partial charge in [0, 0.05) is 16.7 Å². The highest BCUT2D eigenvalue weighted by molar-refractivity contribution is 6.34. The van der Waals surface area contributed by atoms with Crippen LogP contribution in [0.25, 0.3) is 0 Å². The number of carbonyl (C=O) groups is 1. The maximum Gasteiger partial charge on any atom is 0.372 e. The molecule has 2 rings (SSSR count). The number of benzene rings is 1. The van der Waals surface area contributed by atoms with E-state index in [1.54, 1.807) is 31.2 Å². The number of hydrogen-bond donors (Lipinski definition) is 1. The lowest BCUT2D eigenvalue weighted by Crippen LogP contribution is -1.96. The minimum Gasteiger partial charge on any atom is -0.484 e. The van der Waals surface area contributed by atoms with Gasteiger partial charge in [-0.15, -0.1) is 0 Å². The van der Waals surface area contributed by atoms with Gasteiger partial charge >= 0.3 is 5.97 Å². The second-order valence-electron chi connectivity index (χ2n) is 3.89. The molecule has 6 heteroatoms. The molecule has 0 atom stereocenters. The Morgan fingerprint density at radius 3 is 2.74 bits per heavy atom. The Morgan fingerprint density at radius 1 is 1.37 bits per heavy atom. The predicted molar refractivity (Wildman–Crippen MR) is 71.2 cm³/mol. The zero-order chi connectivity index (χ0) is 14.0. The lowest BCUT2D eigenvalue weighted by Gasteiger charge is -2.06. The van der Waals surface area contributed by atoms with Crippen LogP contribution in [-0.4, -0.2) is 11.1 Å². The molecule has 0 fully saturated rings. The molecule has 4 nitrogen and oxygen atoms in total. The first-order valence-corrected chi connectivity index (χ1v) is 6.13. The van der Waals surface area contributed by atoms with Crippen molar-refractivity contribution >= 4 is 29.2 Å². The fourth-order valence-electron chi connectivity index (χ4n) is 1.57. The summed E-state index contributed by atoms with van der Waals surface area (Å²) in [4.78, 5) is 10.8. The molecule has 0 spiro atoms. The standard InChI is InChI=1S/C13H10Cl2O4/c1-7-4-9(19-12(7)13(16)17)6-18-11-5-8(14)2-3-10(11)15/h2-5H,6H2,1H3,(H,16,17). The van der Waals surface area contributed by atoms with Gasteiger partial charge in [-0.3, -0.25) is 0 Å². The summed E-state index contributed by atoms with van der Waals surface area (Å²) in [7, 11) is 0. The van der Waals surface area contributed by atoms with Crippen LogP contribution in [-0.2, 0) is 6.61 Å². The van der Waals surface area contributed by atoms with Crippen molar-refractivity contribution in [2.75, 3.05) is 0 Å². The summed E-state index contributed by atoms with van der Waals surface area (Å²) in [6.07, 6.45) is 0. The normalized spacial score (nSPS) is 10.5. The zero-order valence-electron chi connectivity index (χ0n) is 9.94. The molecule has 0 saturated carbocycles. The summed E-state index contributed by atoms with van der Waals surface area (Å²) in [5, 5.41) is 9.80. The molecule has 1 heterocycles. The molecule has 2 aromatic rings. The van der Waals surface area contributed by atoms with Crippen LogP contribution >= 0.6 is 23.2 Å². The number of rotatable bonds is 4. The van der Waals surface area contributed by atoms with Crippen molar-refractivity contribution in [1.29, 1.82) is 0 Å². The summed E-state index contributed by atoms with van der Waals surface area (Å²) in [6, 6.07) is 6.46. The van der Waals surface area contributed by atoms with Crippen molar-refractivity contribution in [3.63, 3.8) is 0 Å². The molecule has 1 N–H and O–H groups in total. The second kappa shape index (κ2) is 5.55. The van der Waals surface area contributed by atoms with Crippen molar-refractivity contribution < 1.29 is 19.1 Å². The van der Waals surface area contributed by atoms with Gasteiger partial charge in [0.2, 0.25) is 5.76 Å². The maximum atomic E-state index is 10.8. The summed E-state index contributed by atoms with van der Waals surface area (Å²) in [5.74, 6) is -0.369. The quantitative estimate of drug-likeness (QED) is 0.920. The molecule has 0 unspecified atom stereocenters. The first kappa shape index (κ1) is 13.8. The average molecular weight is 301 g/mol. The molecular formula is C13H10Cl2O4. The lowest BCUT2D eigenvalue weighted by atomic mass is 10.3. The van der Waals surface area contributed by atoms with Crippen LogP contribution in [0.2, 0.25) is 10.0 Å². The van der Waals surface area contributed by atoms with E-state index in [1.165, 1.54) is 0 Å². The molecule has 1 aromatic heterocycles. The Labute approximate surface area is 119 Å². The molecule has 0 amide bonds. The number of carboxylic acid groups (broad SMARTS) is 1. The summed E-state index contributed by atoms with van der Waals surface area (Å²) >= 11 is 11.8. The third-order valence-electron chi connectivity index (χ3n) is 2.43. The van der Waals surface area contributed by atoms with E-state index in [9.17, 15) is 4.79 Å². The van der Waals surface area contributed by atoms with E-state index in [0.29, 0.717) is 27.1 Å². The van der Waals surface area contributed by atoms with E-state index in [-0.39, 0.29) is 12.4 Å². The van der Waals surface area contributed by atoms with Gasteiger partial charge in [-0.05, 0) is 25.1 Å². The van der Waals surface area contributed by atoms with Crippen LogP contribution in [0.5, 0.6) is 5.75 Å². The number of aryl methyl sites for hydroxylation is 1. The highest BCUT2D eigenvalue weighted by atomic mass is 35.5. The summed E-state index contributed by atoms with van der Waals surface area (Å²) in [5.41, 5.74) is 0.545. The number of hydrogen-bond acceptors (Lipinski definition) is 3. The third kappa shape index (κ3) is 3.22. The van der Waals surface area contributed by atoms with E-state index in [0.717, 1.165) is 0 Å². The smallest absolute Gasteiger partial charge is 0.372 e. The minimum atomic E-state index is -1.11. The molecular weight excluding hydrogens is 291 g/mol. The molecule has 100 valence electrons. The fourth-order valence-corrected chi connectivity index (χ4v) is 1.90. The van der Waals surface area contributed by atoms with Crippen molar-refractivity contribution in [2.24, 2.45) is 0 Å². The number of furan rings is 1. The van der Waals surface area contributed by atoms with Gasteiger partial charge in [0.1, 0.15) is 18.1 Å². The highest BCUT2D eigenvalue weighted by Crippen LogP contribution is 2.28. The fraction of sp³-hybridized carbons (Fsp3) is 0.154. The first-order chi connectivity index (χ1) is 8.97. The van der Waals surface area contributed by atoms with Crippen LogP contribution in [0.3, 0.4) is 0 Å². The zero-order valence-corrected chi connectivity index (χ0v) is 11.5. The van der Waals surface area contributed by atoms with Gasteiger partial charge in [-0.25, -0.2) is 4.79 Å². The predicted octanol–water partition coefficient (Wildman–Crippen LogP) is 4.17. The average Bonchev–Trinajstić information content (AvgIpc) is 2.72. The Kier molecular flexibility index (Phi) is 4.02. The Hall–Kier alpha value is -1.65. The minimum absolute atomic E-state index is 0.0776. The molecule has 0 bridgehead atoms. The number of ether oxygens (including phenoxy) is 1. The van der Waals surface area contributed by atoms with Crippen molar-refractivity contribution in [2.45, 2.75) is 13.5 Å². The number of aromatic carboxylic acids is 1. The van der Waals surface area contributed by atoms with Gasteiger partial charge < -0.3 is 14.3 Å². The van der Waals surface area contributed by atoms with E-state index < -0.39 is 5.97 Å². The monoisotopic (exact) mass is 300 g/mol.